The fourth-order valence-electron chi connectivity index (χ4n) is 1.51. The van der Waals surface area contributed by atoms with E-state index in [1.165, 1.54) is 30.7 Å². The van der Waals surface area contributed by atoms with Crippen molar-refractivity contribution in [2.75, 3.05) is 6.54 Å². The van der Waals surface area contributed by atoms with Crippen LogP contribution in [0.25, 0.3) is 6.08 Å². The van der Waals surface area contributed by atoms with E-state index in [2.05, 4.69) is 12.2 Å². The molecule has 1 rings (SSSR count). The summed E-state index contributed by atoms with van der Waals surface area (Å²) in [5, 5.41) is 13.1. The number of nitrogens with one attached hydrogen (secondary N) is 1. The maximum atomic E-state index is 11.4. The van der Waals surface area contributed by atoms with Gasteiger partial charge in [0.15, 0.2) is 0 Å². The van der Waals surface area contributed by atoms with Crippen LogP contribution in [0.4, 0.5) is 5.88 Å². The molecule has 1 aromatic rings. The minimum Gasteiger partial charge on any atom is -0.401 e. The number of hydrogen-bond donors (Lipinski definition) is 1. The third kappa shape index (κ3) is 5.85. The van der Waals surface area contributed by atoms with Crippen LogP contribution < -0.4 is 5.32 Å². The zero-order valence-corrected chi connectivity index (χ0v) is 10.9. The Bertz CT molecular complexity index is 451. The predicted molar refractivity (Wildman–Crippen MR) is 71.5 cm³/mol. The molecule has 0 aromatic carbocycles. The largest absolute Gasteiger partial charge is 0.433 e. The second-order valence-electron chi connectivity index (χ2n) is 4.12. The molecule has 1 heterocycles. The maximum absolute atomic E-state index is 11.4. The van der Waals surface area contributed by atoms with Crippen molar-refractivity contribution in [2.24, 2.45) is 0 Å². The molecule has 1 aromatic heterocycles. The summed E-state index contributed by atoms with van der Waals surface area (Å²) in [6.07, 6.45) is 7.11. The van der Waals surface area contributed by atoms with Gasteiger partial charge in [-0.2, -0.15) is 0 Å². The first-order chi connectivity index (χ1) is 9.13. The molecule has 0 saturated carbocycles. The van der Waals surface area contributed by atoms with Crippen LogP contribution in [0.1, 0.15) is 38.4 Å². The van der Waals surface area contributed by atoms with Gasteiger partial charge in [-0.3, -0.25) is 14.9 Å². The summed E-state index contributed by atoms with van der Waals surface area (Å²) in [6, 6.07) is 2.70. The Morgan fingerprint density at radius 2 is 2.21 bits per heavy atom. The van der Waals surface area contributed by atoms with Crippen molar-refractivity contribution < 1.29 is 14.1 Å². The highest BCUT2D eigenvalue weighted by atomic mass is 16.6. The molecule has 0 aliphatic heterocycles. The van der Waals surface area contributed by atoms with Gasteiger partial charge in [0, 0.05) is 12.6 Å². The van der Waals surface area contributed by atoms with Gasteiger partial charge in [-0.25, -0.2) is 0 Å². The van der Waals surface area contributed by atoms with Gasteiger partial charge in [0.25, 0.3) is 0 Å². The number of hydrogen-bond acceptors (Lipinski definition) is 4. The van der Waals surface area contributed by atoms with Crippen LogP contribution in [0, 0.1) is 10.1 Å². The van der Waals surface area contributed by atoms with Crippen LogP contribution >= 0.6 is 0 Å². The molecule has 0 aliphatic rings. The van der Waals surface area contributed by atoms with Gasteiger partial charge in [0.2, 0.25) is 5.91 Å². The van der Waals surface area contributed by atoms with E-state index in [0.717, 1.165) is 19.3 Å². The Hall–Kier alpha value is -2.11. The Morgan fingerprint density at radius 1 is 1.42 bits per heavy atom. The van der Waals surface area contributed by atoms with Crippen LogP contribution in [-0.4, -0.2) is 17.4 Å². The molecule has 0 aliphatic carbocycles. The summed E-state index contributed by atoms with van der Waals surface area (Å²) < 4.78 is 4.89. The molecule has 6 nitrogen and oxygen atoms in total. The third-order valence-corrected chi connectivity index (χ3v) is 2.52. The zero-order chi connectivity index (χ0) is 14.1. The third-order valence-electron chi connectivity index (χ3n) is 2.52. The summed E-state index contributed by atoms with van der Waals surface area (Å²) >= 11 is 0. The summed E-state index contributed by atoms with van der Waals surface area (Å²) in [7, 11) is 0. The predicted octanol–water partition coefficient (Wildman–Crippen LogP) is 2.90. The second-order valence-corrected chi connectivity index (χ2v) is 4.12. The first kappa shape index (κ1) is 14.9. The molecule has 1 N–H and O–H groups in total. The first-order valence-electron chi connectivity index (χ1n) is 6.33. The van der Waals surface area contributed by atoms with Crippen molar-refractivity contribution >= 4 is 17.9 Å². The summed E-state index contributed by atoms with van der Waals surface area (Å²) in [6.45, 7) is 2.77. The molecule has 0 spiro atoms. The molecule has 1 amide bonds. The van der Waals surface area contributed by atoms with E-state index in [4.69, 9.17) is 4.42 Å². The lowest BCUT2D eigenvalue weighted by Gasteiger charge is -2.00. The van der Waals surface area contributed by atoms with Gasteiger partial charge < -0.3 is 9.73 Å². The molecular weight excluding hydrogens is 248 g/mol. The normalized spacial score (nSPS) is 10.8. The van der Waals surface area contributed by atoms with Crippen LogP contribution in [0.15, 0.2) is 22.6 Å². The zero-order valence-electron chi connectivity index (χ0n) is 10.9. The van der Waals surface area contributed by atoms with E-state index in [0.29, 0.717) is 6.54 Å². The lowest BCUT2D eigenvalue weighted by molar-refractivity contribution is -0.402. The Morgan fingerprint density at radius 3 is 2.84 bits per heavy atom. The van der Waals surface area contributed by atoms with Crippen molar-refractivity contribution in [1.82, 2.24) is 5.32 Å². The minimum atomic E-state index is -0.620. The first-order valence-corrected chi connectivity index (χ1v) is 6.33. The van der Waals surface area contributed by atoms with E-state index in [9.17, 15) is 14.9 Å². The topological polar surface area (TPSA) is 85.4 Å². The van der Waals surface area contributed by atoms with Crippen molar-refractivity contribution in [2.45, 2.75) is 32.6 Å². The number of carbonyl (C=O) groups is 1. The molecule has 19 heavy (non-hydrogen) atoms. The fourth-order valence-corrected chi connectivity index (χ4v) is 1.51. The molecule has 104 valence electrons. The highest BCUT2D eigenvalue weighted by Gasteiger charge is 2.09. The molecular formula is C13H18N2O4. The summed E-state index contributed by atoms with van der Waals surface area (Å²) in [4.78, 5) is 21.2. The number of carbonyl (C=O) groups excluding carboxylic acids is 1. The Balaban J connectivity index is 2.30. The van der Waals surface area contributed by atoms with Crippen molar-refractivity contribution in [3.05, 3.63) is 34.1 Å². The van der Waals surface area contributed by atoms with Gasteiger partial charge in [-0.15, -0.1) is 0 Å². The van der Waals surface area contributed by atoms with E-state index < -0.39 is 4.92 Å². The van der Waals surface area contributed by atoms with Gasteiger partial charge >= 0.3 is 5.88 Å². The lowest BCUT2D eigenvalue weighted by atomic mass is 10.2. The van der Waals surface area contributed by atoms with Crippen LogP contribution in [0.3, 0.4) is 0 Å². The molecule has 0 unspecified atom stereocenters. The van der Waals surface area contributed by atoms with Gasteiger partial charge in [0.1, 0.15) is 10.7 Å². The molecule has 0 atom stereocenters. The number of unbranched alkanes of at least 4 members (excludes halogenated alkanes) is 3. The quantitative estimate of drug-likeness (QED) is 0.339. The van der Waals surface area contributed by atoms with E-state index in [-0.39, 0.29) is 17.6 Å². The number of furan rings is 1. The smallest absolute Gasteiger partial charge is 0.401 e. The highest BCUT2D eigenvalue weighted by Crippen LogP contribution is 2.16. The highest BCUT2D eigenvalue weighted by molar-refractivity contribution is 5.91. The lowest BCUT2D eigenvalue weighted by Crippen LogP contribution is -2.21. The molecule has 0 fully saturated rings. The van der Waals surface area contributed by atoms with Crippen LogP contribution in [0.5, 0.6) is 0 Å². The second kappa shape index (κ2) is 8.07. The average Bonchev–Trinajstić information content (AvgIpc) is 2.85. The number of nitro groups is 1. The molecule has 0 bridgehead atoms. The van der Waals surface area contributed by atoms with Crippen molar-refractivity contribution in [3.63, 3.8) is 0 Å². The standard InChI is InChI=1S/C13H18N2O4/c1-2-3-4-5-10-14-12(16)8-6-11-7-9-13(19-11)15(17)18/h6-9H,2-5,10H2,1H3,(H,14,16)/b8-6+. The van der Waals surface area contributed by atoms with Gasteiger partial charge in [0.05, 0.1) is 6.07 Å². The number of rotatable bonds is 8. The Kier molecular flexibility index (Phi) is 6.35. The number of amides is 1. The van der Waals surface area contributed by atoms with Gasteiger partial charge in [-0.05, 0) is 18.6 Å². The molecule has 0 radical (unpaired) electrons. The average molecular weight is 266 g/mol. The molecule has 6 heteroatoms. The van der Waals surface area contributed by atoms with Crippen LogP contribution in [-0.2, 0) is 4.79 Å². The molecule has 0 saturated heterocycles. The SMILES string of the molecule is CCCCCCNC(=O)/C=C/c1ccc([N+](=O)[O-])o1. The fraction of sp³-hybridized carbons (Fsp3) is 0.462. The van der Waals surface area contributed by atoms with E-state index in [1.54, 1.807) is 0 Å². The monoisotopic (exact) mass is 266 g/mol. The van der Waals surface area contributed by atoms with Gasteiger partial charge in [-0.1, -0.05) is 26.2 Å². The van der Waals surface area contributed by atoms with Crippen molar-refractivity contribution in [3.8, 4) is 0 Å². The number of nitrogens with zero attached hydrogens (tertiary/aromatic N) is 1. The summed E-state index contributed by atoms with van der Waals surface area (Å²) in [5.41, 5.74) is 0. The maximum Gasteiger partial charge on any atom is 0.433 e. The van der Waals surface area contributed by atoms with Crippen LogP contribution in [0.2, 0.25) is 0 Å². The minimum absolute atomic E-state index is 0.226. The van der Waals surface area contributed by atoms with E-state index >= 15 is 0 Å². The van der Waals surface area contributed by atoms with E-state index in [1.807, 2.05) is 0 Å². The van der Waals surface area contributed by atoms with Crippen molar-refractivity contribution in [1.29, 1.82) is 0 Å². The summed E-state index contributed by atoms with van der Waals surface area (Å²) in [5.74, 6) is -0.275. The Labute approximate surface area is 111 Å².